The average molecular weight is 290 g/mol. The van der Waals surface area contributed by atoms with Crippen LogP contribution in [0.15, 0.2) is 24.3 Å². The minimum Gasteiger partial charge on any atom is -0.494 e. The van der Waals surface area contributed by atoms with E-state index in [-0.39, 0.29) is 5.91 Å². The molecule has 0 saturated carbocycles. The molecule has 4 heteroatoms. The standard InChI is InChI=1S/C17H26N2O2/c1-14(2)8-13-21-16-6-4-15(5-7-16)17(20)19-11-3-9-18-10-12-19/h4-7,14,18H,3,8-13H2,1-2H3. The maximum atomic E-state index is 12.4. The molecule has 21 heavy (non-hydrogen) atoms. The van der Waals surface area contributed by atoms with Gasteiger partial charge in [0, 0.05) is 25.2 Å². The Morgan fingerprint density at radius 3 is 2.71 bits per heavy atom. The molecule has 0 spiro atoms. The molecule has 116 valence electrons. The van der Waals surface area contributed by atoms with Crippen molar-refractivity contribution in [2.75, 3.05) is 32.8 Å². The summed E-state index contributed by atoms with van der Waals surface area (Å²) in [6.07, 6.45) is 2.06. The fourth-order valence-corrected chi connectivity index (χ4v) is 2.34. The van der Waals surface area contributed by atoms with Gasteiger partial charge in [-0.15, -0.1) is 0 Å². The quantitative estimate of drug-likeness (QED) is 0.906. The second kappa shape index (κ2) is 8.03. The summed E-state index contributed by atoms with van der Waals surface area (Å²) in [4.78, 5) is 14.3. The van der Waals surface area contributed by atoms with Crippen LogP contribution in [0.1, 0.15) is 37.0 Å². The third-order valence-corrected chi connectivity index (χ3v) is 3.69. The third-order valence-electron chi connectivity index (χ3n) is 3.69. The first kappa shape index (κ1) is 15.8. The van der Waals surface area contributed by atoms with E-state index in [9.17, 15) is 4.79 Å². The number of benzene rings is 1. The van der Waals surface area contributed by atoms with Crippen LogP contribution in [-0.2, 0) is 0 Å². The Balaban J connectivity index is 1.89. The van der Waals surface area contributed by atoms with Crippen molar-refractivity contribution in [2.45, 2.75) is 26.7 Å². The second-order valence-electron chi connectivity index (χ2n) is 5.95. The zero-order valence-electron chi connectivity index (χ0n) is 13.1. The second-order valence-corrected chi connectivity index (χ2v) is 5.95. The van der Waals surface area contributed by atoms with Crippen LogP contribution in [-0.4, -0.2) is 43.6 Å². The van der Waals surface area contributed by atoms with Gasteiger partial charge in [0.05, 0.1) is 6.61 Å². The van der Waals surface area contributed by atoms with Gasteiger partial charge in [0.2, 0.25) is 0 Å². The molecule has 1 fully saturated rings. The van der Waals surface area contributed by atoms with Crippen molar-refractivity contribution in [3.63, 3.8) is 0 Å². The largest absolute Gasteiger partial charge is 0.494 e. The highest BCUT2D eigenvalue weighted by Gasteiger charge is 2.16. The maximum Gasteiger partial charge on any atom is 0.253 e. The van der Waals surface area contributed by atoms with Gasteiger partial charge < -0.3 is 15.0 Å². The molecule has 0 radical (unpaired) electrons. The zero-order valence-corrected chi connectivity index (χ0v) is 13.1. The van der Waals surface area contributed by atoms with Crippen LogP contribution in [0.2, 0.25) is 0 Å². The monoisotopic (exact) mass is 290 g/mol. The fourth-order valence-electron chi connectivity index (χ4n) is 2.34. The smallest absolute Gasteiger partial charge is 0.253 e. The summed E-state index contributed by atoms with van der Waals surface area (Å²) in [5, 5.41) is 3.31. The molecule has 0 atom stereocenters. The Bertz CT molecular complexity index is 435. The zero-order chi connectivity index (χ0) is 15.1. The van der Waals surface area contributed by atoms with Gasteiger partial charge in [0.15, 0.2) is 0 Å². The van der Waals surface area contributed by atoms with Crippen LogP contribution in [0.25, 0.3) is 0 Å². The Hall–Kier alpha value is -1.55. The van der Waals surface area contributed by atoms with Crippen LogP contribution in [0.4, 0.5) is 0 Å². The summed E-state index contributed by atoms with van der Waals surface area (Å²) in [7, 11) is 0. The number of ether oxygens (including phenoxy) is 1. The highest BCUT2D eigenvalue weighted by atomic mass is 16.5. The predicted octanol–water partition coefficient (Wildman–Crippen LogP) is 2.55. The van der Waals surface area contributed by atoms with Gasteiger partial charge in [0.25, 0.3) is 5.91 Å². The Morgan fingerprint density at radius 2 is 2.00 bits per heavy atom. The predicted molar refractivity (Wildman–Crippen MR) is 84.8 cm³/mol. The van der Waals surface area contributed by atoms with E-state index >= 15 is 0 Å². The number of nitrogens with zero attached hydrogens (tertiary/aromatic N) is 1. The normalized spacial score (nSPS) is 15.9. The van der Waals surface area contributed by atoms with E-state index in [2.05, 4.69) is 19.2 Å². The first-order chi connectivity index (χ1) is 10.2. The number of carbonyl (C=O) groups excluding carboxylic acids is 1. The Morgan fingerprint density at radius 1 is 1.24 bits per heavy atom. The molecule has 0 bridgehead atoms. The summed E-state index contributed by atoms with van der Waals surface area (Å²) in [6.45, 7) is 8.57. The van der Waals surface area contributed by atoms with Gasteiger partial charge in [-0.2, -0.15) is 0 Å². The topological polar surface area (TPSA) is 41.6 Å². The number of rotatable bonds is 5. The van der Waals surface area contributed by atoms with Crippen molar-refractivity contribution >= 4 is 5.91 Å². The van der Waals surface area contributed by atoms with Crippen molar-refractivity contribution in [1.82, 2.24) is 10.2 Å². The lowest BCUT2D eigenvalue weighted by molar-refractivity contribution is 0.0766. The Kier molecular flexibility index (Phi) is 6.05. The molecule has 0 aliphatic carbocycles. The van der Waals surface area contributed by atoms with Crippen LogP contribution in [0.5, 0.6) is 5.75 Å². The molecular formula is C17H26N2O2. The van der Waals surface area contributed by atoms with Gasteiger partial charge in [-0.25, -0.2) is 0 Å². The average Bonchev–Trinajstić information content (AvgIpc) is 2.76. The van der Waals surface area contributed by atoms with Crippen molar-refractivity contribution < 1.29 is 9.53 Å². The summed E-state index contributed by atoms with van der Waals surface area (Å²) < 4.78 is 5.68. The van der Waals surface area contributed by atoms with Crippen LogP contribution >= 0.6 is 0 Å². The molecule has 1 amide bonds. The molecule has 1 saturated heterocycles. The van der Waals surface area contributed by atoms with Crippen LogP contribution in [0.3, 0.4) is 0 Å². The molecule has 1 N–H and O–H groups in total. The fraction of sp³-hybridized carbons (Fsp3) is 0.588. The van der Waals surface area contributed by atoms with E-state index in [0.29, 0.717) is 5.92 Å². The lowest BCUT2D eigenvalue weighted by Gasteiger charge is -2.20. The third kappa shape index (κ3) is 5.05. The highest BCUT2D eigenvalue weighted by Crippen LogP contribution is 2.15. The summed E-state index contributed by atoms with van der Waals surface area (Å²) in [5.74, 6) is 1.60. The molecular weight excluding hydrogens is 264 g/mol. The van der Waals surface area contributed by atoms with E-state index in [0.717, 1.165) is 56.9 Å². The minimum atomic E-state index is 0.118. The molecule has 1 aliphatic heterocycles. The minimum absolute atomic E-state index is 0.118. The number of nitrogens with one attached hydrogen (secondary N) is 1. The molecule has 1 aromatic carbocycles. The molecule has 1 heterocycles. The SMILES string of the molecule is CC(C)CCOc1ccc(C(=O)N2CCCNCC2)cc1. The van der Waals surface area contributed by atoms with Gasteiger partial charge in [-0.3, -0.25) is 4.79 Å². The number of amides is 1. The van der Waals surface area contributed by atoms with E-state index < -0.39 is 0 Å². The van der Waals surface area contributed by atoms with E-state index in [4.69, 9.17) is 4.74 Å². The van der Waals surface area contributed by atoms with Gasteiger partial charge in [-0.1, -0.05) is 13.8 Å². The van der Waals surface area contributed by atoms with Crippen molar-refractivity contribution in [1.29, 1.82) is 0 Å². The molecule has 1 aliphatic rings. The highest BCUT2D eigenvalue weighted by molar-refractivity contribution is 5.94. The molecule has 4 nitrogen and oxygen atoms in total. The van der Waals surface area contributed by atoms with Crippen LogP contribution in [0, 0.1) is 5.92 Å². The summed E-state index contributed by atoms with van der Waals surface area (Å²) in [6, 6.07) is 7.52. The first-order valence-corrected chi connectivity index (χ1v) is 7.89. The number of hydrogen-bond acceptors (Lipinski definition) is 3. The lowest BCUT2D eigenvalue weighted by atomic mass is 10.1. The van der Waals surface area contributed by atoms with Crippen molar-refractivity contribution in [3.05, 3.63) is 29.8 Å². The van der Waals surface area contributed by atoms with Crippen molar-refractivity contribution in [2.24, 2.45) is 5.92 Å². The molecule has 0 aromatic heterocycles. The van der Waals surface area contributed by atoms with E-state index in [1.54, 1.807) is 0 Å². The summed E-state index contributed by atoms with van der Waals surface area (Å²) in [5.41, 5.74) is 0.744. The maximum absolute atomic E-state index is 12.4. The first-order valence-electron chi connectivity index (χ1n) is 7.89. The molecule has 0 unspecified atom stereocenters. The van der Waals surface area contributed by atoms with E-state index in [1.165, 1.54) is 0 Å². The van der Waals surface area contributed by atoms with Gasteiger partial charge in [-0.05, 0) is 49.6 Å². The number of hydrogen-bond donors (Lipinski definition) is 1. The Labute approximate surface area is 127 Å². The van der Waals surface area contributed by atoms with E-state index in [1.807, 2.05) is 29.2 Å². The molecule has 2 rings (SSSR count). The lowest BCUT2D eigenvalue weighted by Crippen LogP contribution is -2.34. The van der Waals surface area contributed by atoms with Gasteiger partial charge in [0.1, 0.15) is 5.75 Å². The van der Waals surface area contributed by atoms with Crippen LogP contribution < -0.4 is 10.1 Å². The summed E-state index contributed by atoms with van der Waals surface area (Å²) >= 11 is 0. The van der Waals surface area contributed by atoms with Crippen molar-refractivity contribution in [3.8, 4) is 5.75 Å². The molecule has 1 aromatic rings. The number of carbonyl (C=O) groups is 1. The van der Waals surface area contributed by atoms with Gasteiger partial charge >= 0.3 is 0 Å².